The van der Waals surface area contributed by atoms with Gasteiger partial charge < -0.3 is 10.2 Å². The maximum Gasteiger partial charge on any atom is 0.433 e. The number of halogens is 3. The number of carbonyl (C=O) groups is 3. The Morgan fingerprint density at radius 3 is 2.48 bits per heavy atom. The van der Waals surface area contributed by atoms with Gasteiger partial charge in [0.15, 0.2) is 0 Å². The van der Waals surface area contributed by atoms with Crippen molar-refractivity contribution in [2.24, 2.45) is 13.0 Å². The van der Waals surface area contributed by atoms with Gasteiger partial charge in [0, 0.05) is 62.5 Å². The van der Waals surface area contributed by atoms with Crippen molar-refractivity contribution in [3.05, 3.63) is 82.2 Å². The van der Waals surface area contributed by atoms with Gasteiger partial charge in [-0.25, -0.2) is 9.78 Å². The Labute approximate surface area is 319 Å². The summed E-state index contributed by atoms with van der Waals surface area (Å²) in [6, 6.07) is 13.1. The molecule has 2 N–H and O–H groups in total. The lowest BCUT2D eigenvalue weighted by atomic mass is 9.85. The molecule has 3 aromatic heterocycles. The summed E-state index contributed by atoms with van der Waals surface area (Å²) < 4.78 is 44.7. The van der Waals surface area contributed by atoms with Crippen LogP contribution in [0.3, 0.4) is 0 Å². The lowest BCUT2D eigenvalue weighted by Crippen LogP contribution is -2.48. The molecule has 4 fully saturated rings. The molecule has 3 atom stereocenters. The Hall–Kier alpha value is -5.51. The molecule has 3 saturated heterocycles. The Kier molecular flexibility index (Phi) is 8.78. The minimum absolute atomic E-state index is 0.202. The molecule has 9 rings (SSSR count). The van der Waals surface area contributed by atoms with Crippen molar-refractivity contribution in [1.29, 1.82) is 0 Å². The number of benzene rings is 2. The number of para-hydroxylation sites is 1. The Morgan fingerprint density at radius 2 is 1.75 bits per heavy atom. The van der Waals surface area contributed by atoms with Gasteiger partial charge in [-0.05, 0) is 93.3 Å². The molecular weight excluding hydrogens is 727 g/mol. The first kappa shape index (κ1) is 36.1. The van der Waals surface area contributed by atoms with E-state index in [1.165, 1.54) is 12.1 Å². The molecule has 2 aromatic carbocycles. The van der Waals surface area contributed by atoms with Gasteiger partial charge in [0.1, 0.15) is 17.4 Å². The summed E-state index contributed by atoms with van der Waals surface area (Å²) in [4.78, 5) is 59.5. The van der Waals surface area contributed by atoms with Crippen molar-refractivity contribution in [2.45, 2.75) is 82.2 Å². The zero-order chi connectivity index (χ0) is 39.0. The number of anilines is 2. The second-order valence-electron chi connectivity index (χ2n) is 15.8. The number of likely N-dealkylation sites (tertiary alicyclic amines) is 1. The number of hydrogen-bond donors (Lipinski definition) is 2. The van der Waals surface area contributed by atoms with Crippen LogP contribution in [-0.4, -0.2) is 78.2 Å². The second-order valence-corrected chi connectivity index (χ2v) is 15.8. The molecule has 1 aliphatic carbocycles. The van der Waals surface area contributed by atoms with E-state index >= 15 is 0 Å². The molecule has 0 spiro atoms. The molecule has 13 nitrogen and oxygen atoms in total. The lowest BCUT2D eigenvalue weighted by Gasteiger charge is -2.39. The smallest absolute Gasteiger partial charge is 0.364 e. The zero-order valence-corrected chi connectivity index (χ0v) is 31.1. The fourth-order valence-corrected chi connectivity index (χ4v) is 9.49. The van der Waals surface area contributed by atoms with Crippen molar-refractivity contribution in [3.63, 3.8) is 0 Å². The molecule has 5 aromatic rings. The number of pyridine rings is 1. The number of carbonyl (C=O) groups excluding carboxylic acids is 3. The molecule has 16 heteroatoms. The maximum atomic E-state index is 13.5. The van der Waals surface area contributed by atoms with Crippen LogP contribution >= 0.6 is 0 Å². The normalized spacial score (nSPS) is 24.4. The fraction of sp³-hybridized carbons (Fsp3) is 0.450. The van der Waals surface area contributed by atoms with Crippen LogP contribution in [0, 0.1) is 12.8 Å². The average molecular weight is 770 g/mol. The third kappa shape index (κ3) is 6.33. The van der Waals surface area contributed by atoms with E-state index in [1.807, 2.05) is 42.1 Å². The second kappa shape index (κ2) is 13.6. The van der Waals surface area contributed by atoms with Crippen molar-refractivity contribution in [3.8, 4) is 0 Å². The molecule has 1 saturated carbocycles. The summed E-state index contributed by atoms with van der Waals surface area (Å²) in [7, 11) is 1.75. The van der Waals surface area contributed by atoms with Crippen LogP contribution in [0.1, 0.15) is 78.8 Å². The first-order valence-electron chi connectivity index (χ1n) is 19.2. The number of nitrogens with one attached hydrogen (secondary N) is 2. The average Bonchev–Trinajstić information content (AvgIpc) is 3.94. The predicted octanol–water partition coefficient (Wildman–Crippen LogP) is 5.34. The molecule has 3 aliphatic heterocycles. The number of hydrogen-bond acceptors (Lipinski definition) is 8. The predicted molar refractivity (Wildman–Crippen MR) is 202 cm³/mol. The third-order valence-electron chi connectivity index (χ3n) is 12.3. The van der Waals surface area contributed by atoms with Gasteiger partial charge in [0.05, 0.1) is 28.3 Å². The summed E-state index contributed by atoms with van der Waals surface area (Å²) >= 11 is 0. The maximum absolute atomic E-state index is 13.5. The Balaban J connectivity index is 0.825. The van der Waals surface area contributed by atoms with Gasteiger partial charge in [-0.2, -0.15) is 18.3 Å². The summed E-state index contributed by atoms with van der Waals surface area (Å²) in [5, 5.41) is 10.8. The number of aromatic nitrogens is 5. The standard InChI is InChI=1S/C40H42F3N9O4/c1-22-15-30-24(16-29(22)45-37(54)28-5-3-8-34(44-28)40(41,42)43)19-51(47-30)25-11-9-23(10-12-25)18-49-20-27-17-26(49)21-50(27)31-6-4-7-32-36(31)48(2)39(56)52(32)33-13-14-35(53)46-38(33)55/h3-8,15-16,19,23,25-27,33H,9-14,17-18,20-21H2,1-2H3,(H,45,54)(H,46,53,55)/t23?,25?,26-,27-,33?/m1/s1. The van der Waals surface area contributed by atoms with Gasteiger partial charge in [-0.3, -0.25) is 38.4 Å². The van der Waals surface area contributed by atoms with Crippen molar-refractivity contribution < 1.29 is 27.6 Å². The van der Waals surface area contributed by atoms with E-state index in [2.05, 4.69) is 31.5 Å². The minimum atomic E-state index is -4.64. The lowest BCUT2D eigenvalue weighted by molar-refractivity contribution is -0.141. The summed E-state index contributed by atoms with van der Waals surface area (Å²) in [5.74, 6) is -0.885. The SMILES string of the molecule is Cc1cc2nn(C3CCC(CN4C[C@H]5C[C@@H]4CN5c4cccc5c4n(C)c(=O)n5C4CCC(=O)NC4=O)CC3)cc2cc1NC(=O)c1cccc(C(F)(F)F)n1. The van der Waals surface area contributed by atoms with Crippen LogP contribution in [0.2, 0.25) is 0 Å². The van der Waals surface area contributed by atoms with E-state index in [1.54, 1.807) is 16.2 Å². The van der Waals surface area contributed by atoms with E-state index in [4.69, 9.17) is 5.10 Å². The first-order chi connectivity index (χ1) is 26.8. The van der Waals surface area contributed by atoms with E-state index in [0.717, 1.165) is 85.5 Å². The van der Waals surface area contributed by atoms with Crippen molar-refractivity contribution in [2.75, 3.05) is 29.9 Å². The van der Waals surface area contributed by atoms with E-state index in [-0.39, 0.29) is 29.8 Å². The summed E-state index contributed by atoms with van der Waals surface area (Å²) in [6.07, 6.45) is 3.06. The Morgan fingerprint density at radius 1 is 0.964 bits per heavy atom. The highest BCUT2D eigenvalue weighted by Crippen LogP contribution is 2.41. The number of alkyl halides is 3. The number of piperidine rings is 1. The van der Waals surface area contributed by atoms with Crippen LogP contribution in [0.25, 0.3) is 21.9 Å². The first-order valence-corrected chi connectivity index (χ1v) is 19.2. The monoisotopic (exact) mass is 769 g/mol. The number of amides is 3. The van der Waals surface area contributed by atoms with E-state index < -0.39 is 29.7 Å². The zero-order valence-electron chi connectivity index (χ0n) is 31.1. The van der Waals surface area contributed by atoms with Crippen LogP contribution in [-0.2, 0) is 22.8 Å². The fourth-order valence-electron chi connectivity index (χ4n) is 9.49. The van der Waals surface area contributed by atoms with Gasteiger partial charge in [0.25, 0.3) is 5.91 Å². The van der Waals surface area contributed by atoms with Gasteiger partial charge in [0.2, 0.25) is 11.8 Å². The minimum Gasteiger partial charge on any atom is -0.364 e. The molecule has 292 valence electrons. The largest absolute Gasteiger partial charge is 0.433 e. The molecule has 4 aliphatic rings. The number of nitrogens with zero attached hydrogens (tertiary/aromatic N) is 7. The van der Waals surface area contributed by atoms with E-state index in [9.17, 15) is 32.3 Å². The van der Waals surface area contributed by atoms with Gasteiger partial charge in [-0.1, -0.05) is 12.1 Å². The van der Waals surface area contributed by atoms with Crippen molar-refractivity contribution >= 4 is 51.0 Å². The molecule has 0 radical (unpaired) electrons. The van der Waals surface area contributed by atoms with Crippen LogP contribution in [0.15, 0.2) is 59.5 Å². The number of piperazine rings is 1. The molecule has 3 amide bonds. The number of rotatable bonds is 7. The highest BCUT2D eigenvalue weighted by atomic mass is 19.4. The van der Waals surface area contributed by atoms with Crippen molar-refractivity contribution in [1.82, 2.24) is 34.1 Å². The molecule has 6 heterocycles. The highest BCUT2D eigenvalue weighted by Gasteiger charge is 2.45. The Bertz CT molecular complexity index is 2460. The summed E-state index contributed by atoms with van der Waals surface area (Å²) in [5.41, 5.74) is 2.88. The molecule has 56 heavy (non-hydrogen) atoms. The molecule has 1 unspecified atom stereocenters. The van der Waals surface area contributed by atoms with Crippen LogP contribution < -0.4 is 21.2 Å². The van der Waals surface area contributed by atoms with Crippen LogP contribution in [0.4, 0.5) is 24.5 Å². The third-order valence-corrected chi connectivity index (χ3v) is 12.3. The van der Waals surface area contributed by atoms with Crippen LogP contribution in [0.5, 0.6) is 0 Å². The van der Waals surface area contributed by atoms with Gasteiger partial charge >= 0.3 is 11.9 Å². The number of aryl methyl sites for hydroxylation is 2. The number of imidazole rings is 1. The van der Waals surface area contributed by atoms with E-state index in [0.29, 0.717) is 35.6 Å². The quantitative estimate of drug-likeness (QED) is 0.212. The summed E-state index contributed by atoms with van der Waals surface area (Å²) in [6.45, 7) is 4.69. The molecule has 2 bridgehead atoms. The van der Waals surface area contributed by atoms with Gasteiger partial charge in [-0.15, -0.1) is 0 Å². The molecular formula is C40H42F3N9O4. The number of imide groups is 1. The highest BCUT2D eigenvalue weighted by molar-refractivity contribution is 6.04. The topological polar surface area (TPSA) is 139 Å². The number of fused-ring (bicyclic) bond motifs is 4.